The van der Waals surface area contributed by atoms with E-state index < -0.39 is 0 Å². The van der Waals surface area contributed by atoms with Crippen LogP contribution in [0.4, 0.5) is 5.69 Å². The highest BCUT2D eigenvalue weighted by Gasteiger charge is 2.10. The second-order valence-electron chi connectivity index (χ2n) is 6.28. The SMILES string of the molecule is Cn1cnnc1SCC(=O)Nc1cccc(C(=O)NCCc2cccc(Cl)c2)c1. The summed E-state index contributed by atoms with van der Waals surface area (Å²) in [7, 11) is 1.81. The zero-order chi connectivity index (χ0) is 20.6. The van der Waals surface area contributed by atoms with E-state index >= 15 is 0 Å². The van der Waals surface area contributed by atoms with Gasteiger partial charge in [0.1, 0.15) is 6.33 Å². The van der Waals surface area contributed by atoms with Crippen LogP contribution in [0.2, 0.25) is 5.02 Å². The molecule has 2 amide bonds. The van der Waals surface area contributed by atoms with E-state index in [1.807, 2.05) is 31.3 Å². The lowest BCUT2D eigenvalue weighted by molar-refractivity contribution is -0.113. The molecule has 29 heavy (non-hydrogen) atoms. The minimum absolute atomic E-state index is 0.184. The molecule has 2 aromatic carbocycles. The first-order chi connectivity index (χ1) is 14.0. The molecule has 0 bridgehead atoms. The van der Waals surface area contributed by atoms with E-state index in [9.17, 15) is 9.59 Å². The number of carbonyl (C=O) groups excluding carboxylic acids is 2. The van der Waals surface area contributed by atoms with E-state index in [2.05, 4.69) is 20.8 Å². The zero-order valence-electron chi connectivity index (χ0n) is 15.8. The molecule has 0 aliphatic rings. The third-order valence-corrected chi connectivity index (χ3v) is 5.27. The lowest BCUT2D eigenvalue weighted by Crippen LogP contribution is -2.25. The van der Waals surface area contributed by atoms with Crippen LogP contribution in [-0.4, -0.2) is 38.9 Å². The Balaban J connectivity index is 1.49. The summed E-state index contributed by atoms with van der Waals surface area (Å²) < 4.78 is 1.74. The predicted octanol–water partition coefficient (Wildman–Crippen LogP) is 3.17. The number of benzene rings is 2. The van der Waals surface area contributed by atoms with E-state index in [0.717, 1.165) is 5.56 Å². The van der Waals surface area contributed by atoms with Gasteiger partial charge in [-0.25, -0.2) is 0 Å². The van der Waals surface area contributed by atoms with E-state index in [-0.39, 0.29) is 17.6 Å². The van der Waals surface area contributed by atoms with Crippen molar-refractivity contribution in [3.05, 3.63) is 71.0 Å². The van der Waals surface area contributed by atoms with Crippen LogP contribution < -0.4 is 10.6 Å². The fourth-order valence-electron chi connectivity index (χ4n) is 2.58. The number of nitrogens with one attached hydrogen (secondary N) is 2. The van der Waals surface area contributed by atoms with Crippen LogP contribution in [0, 0.1) is 0 Å². The molecule has 0 aliphatic carbocycles. The normalized spacial score (nSPS) is 10.6. The molecule has 0 fully saturated rings. The summed E-state index contributed by atoms with van der Waals surface area (Å²) in [4.78, 5) is 24.5. The second kappa shape index (κ2) is 10.1. The summed E-state index contributed by atoms with van der Waals surface area (Å²) in [5.74, 6) is -0.184. The molecule has 0 atom stereocenters. The quantitative estimate of drug-likeness (QED) is 0.537. The lowest BCUT2D eigenvalue weighted by Gasteiger charge is -2.09. The molecule has 0 radical (unpaired) electrons. The molecule has 1 heterocycles. The summed E-state index contributed by atoms with van der Waals surface area (Å²) in [6, 6.07) is 14.4. The van der Waals surface area contributed by atoms with Gasteiger partial charge in [0.15, 0.2) is 5.16 Å². The predicted molar refractivity (Wildman–Crippen MR) is 114 cm³/mol. The maximum absolute atomic E-state index is 12.4. The number of hydrogen-bond donors (Lipinski definition) is 2. The number of thioether (sulfide) groups is 1. The molecule has 0 unspecified atom stereocenters. The number of amides is 2. The van der Waals surface area contributed by atoms with Gasteiger partial charge >= 0.3 is 0 Å². The average molecular weight is 430 g/mol. The number of rotatable bonds is 8. The maximum Gasteiger partial charge on any atom is 0.251 e. The summed E-state index contributed by atoms with van der Waals surface area (Å²) >= 11 is 7.26. The first kappa shape index (κ1) is 20.9. The lowest BCUT2D eigenvalue weighted by atomic mass is 10.1. The number of anilines is 1. The molecule has 150 valence electrons. The van der Waals surface area contributed by atoms with Gasteiger partial charge in [-0.3, -0.25) is 9.59 Å². The number of aromatic nitrogens is 3. The van der Waals surface area contributed by atoms with Crippen LogP contribution in [0.5, 0.6) is 0 Å². The molecular weight excluding hydrogens is 410 g/mol. The fraction of sp³-hybridized carbons (Fsp3) is 0.200. The van der Waals surface area contributed by atoms with Gasteiger partial charge in [-0.15, -0.1) is 10.2 Å². The van der Waals surface area contributed by atoms with Crippen molar-refractivity contribution in [1.82, 2.24) is 20.1 Å². The van der Waals surface area contributed by atoms with Gasteiger partial charge in [-0.2, -0.15) is 0 Å². The number of hydrogen-bond acceptors (Lipinski definition) is 5. The molecule has 0 aliphatic heterocycles. The van der Waals surface area contributed by atoms with Gasteiger partial charge in [0.25, 0.3) is 5.91 Å². The monoisotopic (exact) mass is 429 g/mol. The van der Waals surface area contributed by atoms with Crippen molar-refractivity contribution in [2.45, 2.75) is 11.6 Å². The molecule has 1 aromatic heterocycles. The van der Waals surface area contributed by atoms with Crippen molar-refractivity contribution in [1.29, 1.82) is 0 Å². The molecule has 9 heteroatoms. The first-order valence-electron chi connectivity index (χ1n) is 8.90. The van der Waals surface area contributed by atoms with Gasteiger partial charge in [-0.1, -0.05) is 41.6 Å². The third kappa shape index (κ3) is 6.33. The Labute approximate surface area is 177 Å². The van der Waals surface area contributed by atoms with Gasteiger partial charge < -0.3 is 15.2 Å². The summed E-state index contributed by atoms with van der Waals surface area (Å²) in [6.07, 6.45) is 2.26. The molecule has 3 rings (SSSR count). The molecule has 3 aromatic rings. The molecular formula is C20H20ClN5O2S. The van der Waals surface area contributed by atoms with Crippen molar-refractivity contribution < 1.29 is 9.59 Å². The van der Waals surface area contributed by atoms with Crippen molar-refractivity contribution in [2.24, 2.45) is 7.05 Å². The van der Waals surface area contributed by atoms with Crippen LogP contribution in [-0.2, 0) is 18.3 Å². The van der Waals surface area contributed by atoms with E-state index in [1.165, 1.54) is 11.8 Å². The highest BCUT2D eigenvalue weighted by Crippen LogP contribution is 2.15. The summed E-state index contributed by atoms with van der Waals surface area (Å²) in [5.41, 5.74) is 2.10. The smallest absolute Gasteiger partial charge is 0.251 e. The molecule has 0 saturated carbocycles. The van der Waals surface area contributed by atoms with Crippen LogP contribution >= 0.6 is 23.4 Å². The van der Waals surface area contributed by atoms with Gasteiger partial charge in [0.2, 0.25) is 5.91 Å². The highest BCUT2D eigenvalue weighted by molar-refractivity contribution is 7.99. The van der Waals surface area contributed by atoms with Crippen LogP contribution in [0.1, 0.15) is 15.9 Å². The zero-order valence-corrected chi connectivity index (χ0v) is 17.3. The van der Waals surface area contributed by atoms with Crippen LogP contribution in [0.15, 0.2) is 60.0 Å². The van der Waals surface area contributed by atoms with Crippen molar-refractivity contribution in [3.8, 4) is 0 Å². The highest BCUT2D eigenvalue weighted by atomic mass is 35.5. The average Bonchev–Trinajstić information content (AvgIpc) is 3.11. The van der Waals surface area contributed by atoms with E-state index in [0.29, 0.717) is 34.4 Å². The van der Waals surface area contributed by atoms with Crippen molar-refractivity contribution in [2.75, 3.05) is 17.6 Å². The third-order valence-electron chi connectivity index (χ3n) is 4.00. The Kier molecular flexibility index (Phi) is 7.26. The van der Waals surface area contributed by atoms with Gasteiger partial charge in [-0.05, 0) is 42.3 Å². The summed E-state index contributed by atoms with van der Waals surface area (Å²) in [6.45, 7) is 0.490. The first-order valence-corrected chi connectivity index (χ1v) is 10.3. The number of halogens is 1. The molecule has 0 spiro atoms. The fourth-order valence-corrected chi connectivity index (χ4v) is 3.48. The van der Waals surface area contributed by atoms with Crippen LogP contribution in [0.25, 0.3) is 0 Å². The topological polar surface area (TPSA) is 88.9 Å². The largest absolute Gasteiger partial charge is 0.352 e. The molecule has 0 saturated heterocycles. The molecule has 7 nitrogen and oxygen atoms in total. The van der Waals surface area contributed by atoms with E-state index in [4.69, 9.17) is 11.6 Å². The standard InChI is InChI=1S/C20H20ClN5O2S/c1-26-13-23-25-20(26)29-12-18(27)24-17-7-3-5-15(11-17)19(28)22-9-8-14-4-2-6-16(21)10-14/h2-7,10-11,13H,8-9,12H2,1H3,(H,22,28)(H,24,27). The van der Waals surface area contributed by atoms with E-state index in [1.54, 1.807) is 35.2 Å². The number of aryl methyl sites for hydroxylation is 1. The summed E-state index contributed by atoms with van der Waals surface area (Å²) in [5, 5.41) is 14.7. The van der Waals surface area contributed by atoms with Crippen LogP contribution in [0.3, 0.4) is 0 Å². The van der Waals surface area contributed by atoms with Crippen molar-refractivity contribution >= 4 is 40.9 Å². The minimum atomic E-state index is -0.198. The second-order valence-corrected chi connectivity index (χ2v) is 7.66. The minimum Gasteiger partial charge on any atom is -0.352 e. The number of nitrogens with zero attached hydrogens (tertiary/aromatic N) is 3. The Morgan fingerprint density at radius 1 is 1.17 bits per heavy atom. The van der Waals surface area contributed by atoms with Crippen molar-refractivity contribution in [3.63, 3.8) is 0 Å². The maximum atomic E-state index is 12.4. The Morgan fingerprint density at radius 3 is 2.76 bits per heavy atom. The number of carbonyl (C=O) groups is 2. The van der Waals surface area contributed by atoms with Gasteiger partial charge in [0.05, 0.1) is 5.75 Å². The molecule has 2 N–H and O–H groups in total. The Morgan fingerprint density at radius 2 is 2.00 bits per heavy atom. The van der Waals surface area contributed by atoms with Gasteiger partial charge in [0, 0.05) is 29.9 Å². The Hall–Kier alpha value is -2.84. The Bertz CT molecular complexity index is 1010.